The van der Waals surface area contributed by atoms with E-state index >= 15 is 0 Å². The second-order valence-corrected chi connectivity index (χ2v) is 7.93. The van der Waals surface area contributed by atoms with Crippen molar-refractivity contribution in [3.8, 4) is 5.88 Å². The summed E-state index contributed by atoms with van der Waals surface area (Å²) < 4.78 is 61.2. The van der Waals surface area contributed by atoms with E-state index in [0.29, 0.717) is 0 Å². The topological polar surface area (TPSA) is 63.7 Å². The molecule has 5 nitrogen and oxygen atoms in total. The molecule has 4 rings (SSSR count). The first-order chi connectivity index (χ1) is 15.6. The minimum atomic E-state index is -4.72. The first kappa shape index (κ1) is 23.0. The van der Waals surface area contributed by atoms with Gasteiger partial charge in [0.05, 0.1) is 34.6 Å². The molecule has 0 radical (unpaired) electrons. The van der Waals surface area contributed by atoms with Crippen LogP contribution in [0, 0.1) is 5.82 Å². The van der Waals surface area contributed by atoms with Crippen LogP contribution in [0.4, 0.5) is 23.2 Å². The van der Waals surface area contributed by atoms with E-state index < -0.39 is 28.6 Å². The molecule has 3 aromatic rings. The summed E-state index contributed by atoms with van der Waals surface area (Å²) >= 11 is 6.21. The lowest BCUT2D eigenvalue weighted by Gasteiger charge is -2.22. The van der Waals surface area contributed by atoms with Crippen LogP contribution in [0.3, 0.4) is 0 Å². The van der Waals surface area contributed by atoms with Gasteiger partial charge in [-0.3, -0.25) is 4.99 Å². The molecular weight excluding hydrogens is 460 g/mol. The van der Waals surface area contributed by atoms with Gasteiger partial charge in [0.1, 0.15) is 12.3 Å². The van der Waals surface area contributed by atoms with Crippen molar-refractivity contribution < 1.29 is 22.3 Å². The van der Waals surface area contributed by atoms with Crippen LogP contribution < -0.4 is 15.6 Å². The summed E-state index contributed by atoms with van der Waals surface area (Å²) in [5.74, 6) is 5.37. The lowest BCUT2D eigenvalue weighted by atomic mass is 10.0. The molecule has 172 valence electrons. The predicted octanol–water partition coefficient (Wildman–Crippen LogP) is 5.39. The zero-order valence-electron chi connectivity index (χ0n) is 17.4. The summed E-state index contributed by atoms with van der Waals surface area (Å²) in [6.07, 6.45) is -4.72. The Morgan fingerprint density at radius 2 is 1.85 bits per heavy atom. The highest BCUT2D eigenvalue weighted by Crippen LogP contribution is 2.41. The highest BCUT2D eigenvalue weighted by atomic mass is 35.5. The smallest absolute Gasteiger partial charge is 0.417 e. The van der Waals surface area contributed by atoms with Gasteiger partial charge in [0.25, 0.3) is 0 Å². The molecule has 0 spiro atoms. The molecule has 2 heterocycles. The van der Waals surface area contributed by atoms with E-state index in [4.69, 9.17) is 22.2 Å². The van der Waals surface area contributed by atoms with Crippen molar-refractivity contribution >= 4 is 23.0 Å². The van der Waals surface area contributed by atoms with E-state index in [2.05, 4.69) is 9.98 Å². The summed E-state index contributed by atoms with van der Waals surface area (Å²) in [4.78, 5) is 8.64. The number of nitrogens with two attached hydrogens (primary N) is 1. The molecule has 0 saturated heterocycles. The first-order valence-corrected chi connectivity index (χ1v) is 10.4. The number of rotatable bonds is 4. The molecule has 0 aliphatic carbocycles. The number of hydrogen-bond acceptors (Lipinski definition) is 5. The van der Waals surface area contributed by atoms with Crippen LogP contribution in [0.1, 0.15) is 29.3 Å². The van der Waals surface area contributed by atoms with Gasteiger partial charge in [-0.1, -0.05) is 41.9 Å². The maximum atomic E-state index is 14.9. The minimum Gasteiger partial charge on any atom is -0.473 e. The maximum Gasteiger partial charge on any atom is 0.417 e. The number of ether oxygens (including phenoxy) is 1. The Labute approximate surface area is 192 Å². The van der Waals surface area contributed by atoms with Crippen LogP contribution in [0.25, 0.3) is 0 Å². The number of aromatic nitrogens is 1. The van der Waals surface area contributed by atoms with Gasteiger partial charge >= 0.3 is 6.18 Å². The number of hydrogen-bond donors (Lipinski definition) is 1. The number of benzodiazepines with no additional fused rings is 1. The fourth-order valence-corrected chi connectivity index (χ4v) is 3.90. The summed E-state index contributed by atoms with van der Waals surface area (Å²) in [5, 5.41) is 0.621. The minimum absolute atomic E-state index is 0.0871. The van der Waals surface area contributed by atoms with Crippen LogP contribution in [0.2, 0.25) is 5.02 Å². The van der Waals surface area contributed by atoms with Gasteiger partial charge in [-0.15, -0.1) is 0 Å². The molecule has 2 N–H and O–H groups in total. The van der Waals surface area contributed by atoms with E-state index in [0.717, 1.165) is 17.7 Å². The van der Waals surface area contributed by atoms with Crippen molar-refractivity contribution in [3.05, 3.63) is 87.8 Å². The third-order valence-electron chi connectivity index (χ3n) is 5.06. The number of halogens is 5. The molecule has 0 bridgehead atoms. The van der Waals surface area contributed by atoms with Gasteiger partial charge < -0.3 is 9.75 Å². The molecule has 2 aromatic carbocycles. The lowest BCUT2D eigenvalue weighted by molar-refractivity contribution is -0.137. The van der Waals surface area contributed by atoms with E-state index in [-0.39, 0.29) is 41.7 Å². The number of alkyl halides is 3. The van der Waals surface area contributed by atoms with E-state index in [1.807, 2.05) is 30.3 Å². The molecule has 0 amide bonds. The van der Waals surface area contributed by atoms with Crippen molar-refractivity contribution in [2.75, 3.05) is 11.6 Å². The summed E-state index contributed by atoms with van der Waals surface area (Å²) in [6.45, 7) is 2.07. The van der Waals surface area contributed by atoms with Crippen LogP contribution >= 0.6 is 11.6 Å². The van der Waals surface area contributed by atoms with Crippen molar-refractivity contribution in [3.63, 3.8) is 0 Å². The van der Waals surface area contributed by atoms with Crippen molar-refractivity contribution in [1.82, 2.24) is 4.98 Å². The molecule has 0 unspecified atom stereocenters. The van der Waals surface area contributed by atoms with Crippen LogP contribution in [0.15, 0.2) is 59.6 Å². The molecule has 0 saturated carbocycles. The van der Waals surface area contributed by atoms with Gasteiger partial charge in [-0.25, -0.2) is 15.2 Å². The third-order valence-corrected chi connectivity index (χ3v) is 5.45. The Balaban J connectivity index is 1.82. The van der Waals surface area contributed by atoms with Gasteiger partial charge in [-0.2, -0.15) is 13.2 Å². The molecule has 10 heteroatoms. The second kappa shape index (κ2) is 8.99. The number of benzene rings is 2. The largest absolute Gasteiger partial charge is 0.473 e. The van der Waals surface area contributed by atoms with Crippen LogP contribution in [-0.2, 0) is 12.8 Å². The van der Waals surface area contributed by atoms with E-state index in [1.54, 1.807) is 6.92 Å². The summed E-state index contributed by atoms with van der Waals surface area (Å²) in [5.41, 5.74) is -0.546. The zero-order chi connectivity index (χ0) is 23.8. The molecule has 1 aliphatic heterocycles. The Bertz CT molecular complexity index is 1200. The van der Waals surface area contributed by atoms with Crippen LogP contribution in [0.5, 0.6) is 5.88 Å². The third kappa shape index (κ3) is 4.79. The maximum absolute atomic E-state index is 14.9. The Hall–Kier alpha value is -3.17. The van der Waals surface area contributed by atoms with E-state index in [1.165, 1.54) is 17.1 Å². The highest BCUT2D eigenvalue weighted by molar-refractivity contribution is 6.37. The normalized spacial score (nSPS) is 16.2. The molecule has 1 aromatic heterocycles. The number of anilines is 1. The average molecular weight is 479 g/mol. The van der Waals surface area contributed by atoms with Gasteiger partial charge in [0.15, 0.2) is 5.82 Å². The number of aliphatic imine (C=N–C) groups is 1. The number of nitrogens with zero attached hydrogens (tertiary/aromatic N) is 3. The monoisotopic (exact) mass is 478 g/mol. The zero-order valence-corrected chi connectivity index (χ0v) is 18.2. The fourth-order valence-electron chi connectivity index (χ4n) is 3.54. The standard InChI is InChI=1S/C23H19ClF4N4O/c1-13-11-32(29)17-9-7-15(23(26,27)28)20(24)19(17)22(30-13)21-16(25)8-10-18(31-21)33-12-14-5-3-2-4-6-14/h2-10,13H,11-12,29H2,1H3/t13-/m0/s1. The Morgan fingerprint density at radius 1 is 1.12 bits per heavy atom. The predicted molar refractivity (Wildman–Crippen MR) is 118 cm³/mol. The number of hydrazine groups is 1. The Morgan fingerprint density at radius 3 is 2.55 bits per heavy atom. The molecule has 1 aliphatic rings. The Kier molecular flexibility index (Phi) is 6.27. The molecule has 1 atom stereocenters. The van der Waals surface area contributed by atoms with E-state index in [9.17, 15) is 17.6 Å². The van der Waals surface area contributed by atoms with Gasteiger partial charge in [0, 0.05) is 11.6 Å². The molecular formula is C23H19ClF4N4O. The summed E-state index contributed by atoms with van der Waals surface area (Å²) in [6, 6.07) is 13.3. The second-order valence-electron chi connectivity index (χ2n) is 7.55. The van der Waals surface area contributed by atoms with Gasteiger partial charge in [0.2, 0.25) is 5.88 Å². The molecule has 33 heavy (non-hydrogen) atoms. The van der Waals surface area contributed by atoms with Crippen molar-refractivity contribution in [2.24, 2.45) is 10.8 Å². The fraction of sp³-hybridized carbons (Fsp3) is 0.217. The van der Waals surface area contributed by atoms with Crippen molar-refractivity contribution in [1.29, 1.82) is 0 Å². The first-order valence-electron chi connectivity index (χ1n) is 9.99. The quantitative estimate of drug-likeness (QED) is 0.403. The van der Waals surface area contributed by atoms with Crippen LogP contribution in [-0.4, -0.2) is 23.3 Å². The number of fused-ring (bicyclic) bond motifs is 1. The average Bonchev–Trinajstić information content (AvgIpc) is 2.89. The SMILES string of the molecule is C[C@H]1CN(N)c2ccc(C(F)(F)F)c(Cl)c2C(c2nc(OCc3ccccc3)ccc2F)=N1. The lowest BCUT2D eigenvalue weighted by Crippen LogP contribution is -2.36. The van der Waals surface area contributed by atoms with Gasteiger partial charge in [-0.05, 0) is 30.7 Å². The van der Waals surface area contributed by atoms with Crippen molar-refractivity contribution in [2.45, 2.75) is 25.7 Å². The summed E-state index contributed by atoms with van der Waals surface area (Å²) in [7, 11) is 0. The molecule has 0 fully saturated rings. The highest BCUT2D eigenvalue weighted by Gasteiger charge is 2.37. The number of pyridine rings is 1.